The molecule has 1 atom stereocenters. The summed E-state index contributed by atoms with van der Waals surface area (Å²) >= 11 is 0. The van der Waals surface area contributed by atoms with Crippen LogP contribution < -0.4 is 5.32 Å². The number of carbonyl (C=O) groups is 1. The number of allylic oxidation sites excluding steroid dienone is 2. The first-order valence-electron chi connectivity index (χ1n) is 5.78. The third-order valence-corrected chi connectivity index (χ3v) is 2.98. The van der Waals surface area contributed by atoms with Crippen LogP contribution in [0.3, 0.4) is 0 Å². The SMILES string of the molecule is CC(CNC1=CC(=O)CC1)c1ccccc1. The molecule has 1 unspecified atom stereocenters. The van der Waals surface area contributed by atoms with Gasteiger partial charge in [0.15, 0.2) is 5.78 Å². The Morgan fingerprint density at radius 3 is 2.62 bits per heavy atom. The van der Waals surface area contributed by atoms with Gasteiger partial charge in [0.2, 0.25) is 0 Å². The lowest BCUT2D eigenvalue weighted by molar-refractivity contribution is -0.114. The summed E-state index contributed by atoms with van der Waals surface area (Å²) < 4.78 is 0. The van der Waals surface area contributed by atoms with Gasteiger partial charge < -0.3 is 5.32 Å². The maximum atomic E-state index is 11.1. The highest BCUT2D eigenvalue weighted by molar-refractivity contribution is 5.92. The molecule has 0 saturated carbocycles. The minimum Gasteiger partial charge on any atom is -0.388 e. The summed E-state index contributed by atoms with van der Waals surface area (Å²) in [6, 6.07) is 10.4. The predicted molar refractivity (Wildman–Crippen MR) is 65.2 cm³/mol. The minimum absolute atomic E-state index is 0.245. The zero-order valence-corrected chi connectivity index (χ0v) is 9.57. The van der Waals surface area contributed by atoms with Crippen molar-refractivity contribution < 1.29 is 4.79 Å². The van der Waals surface area contributed by atoms with Crippen LogP contribution in [0.5, 0.6) is 0 Å². The number of hydrogen-bond acceptors (Lipinski definition) is 2. The number of hydrogen-bond donors (Lipinski definition) is 1. The fourth-order valence-corrected chi connectivity index (χ4v) is 1.92. The van der Waals surface area contributed by atoms with E-state index in [0.29, 0.717) is 12.3 Å². The number of nitrogens with one attached hydrogen (secondary N) is 1. The van der Waals surface area contributed by atoms with Gasteiger partial charge in [-0.05, 0) is 17.9 Å². The first kappa shape index (κ1) is 10.9. The molecule has 0 heterocycles. The van der Waals surface area contributed by atoms with Crippen LogP contribution in [0.25, 0.3) is 0 Å². The molecule has 1 aliphatic carbocycles. The van der Waals surface area contributed by atoms with Crippen molar-refractivity contribution in [2.45, 2.75) is 25.7 Å². The Bertz CT molecular complexity index is 394. The van der Waals surface area contributed by atoms with Gasteiger partial charge in [0.25, 0.3) is 0 Å². The van der Waals surface area contributed by atoms with Gasteiger partial charge in [0.1, 0.15) is 0 Å². The molecule has 0 aromatic heterocycles. The molecule has 0 amide bonds. The maximum absolute atomic E-state index is 11.1. The van der Waals surface area contributed by atoms with Crippen LogP contribution in [0.15, 0.2) is 42.1 Å². The average molecular weight is 215 g/mol. The summed E-state index contributed by atoms with van der Waals surface area (Å²) in [6.07, 6.45) is 3.28. The number of ketones is 1. The fourth-order valence-electron chi connectivity index (χ4n) is 1.92. The highest BCUT2D eigenvalue weighted by Gasteiger charge is 2.12. The Kier molecular flexibility index (Phi) is 3.40. The fraction of sp³-hybridized carbons (Fsp3) is 0.357. The molecule has 2 rings (SSSR count). The van der Waals surface area contributed by atoms with Gasteiger partial charge in [0, 0.05) is 24.7 Å². The second-order valence-corrected chi connectivity index (χ2v) is 4.33. The van der Waals surface area contributed by atoms with Crippen molar-refractivity contribution in [3.8, 4) is 0 Å². The first-order valence-corrected chi connectivity index (χ1v) is 5.78. The molecule has 0 spiro atoms. The highest BCUT2D eigenvalue weighted by Crippen LogP contribution is 2.16. The molecule has 16 heavy (non-hydrogen) atoms. The zero-order chi connectivity index (χ0) is 11.4. The van der Waals surface area contributed by atoms with Crippen molar-refractivity contribution in [3.05, 3.63) is 47.7 Å². The van der Waals surface area contributed by atoms with Gasteiger partial charge in [0.05, 0.1) is 0 Å². The van der Waals surface area contributed by atoms with Crippen molar-refractivity contribution in [1.82, 2.24) is 5.32 Å². The maximum Gasteiger partial charge on any atom is 0.157 e. The molecule has 1 aliphatic rings. The van der Waals surface area contributed by atoms with Crippen LogP contribution in [-0.2, 0) is 4.79 Å². The third kappa shape index (κ3) is 2.72. The van der Waals surface area contributed by atoms with Crippen molar-refractivity contribution in [2.24, 2.45) is 0 Å². The quantitative estimate of drug-likeness (QED) is 0.836. The van der Waals surface area contributed by atoms with E-state index >= 15 is 0 Å². The monoisotopic (exact) mass is 215 g/mol. The molecular formula is C14H17NO. The Morgan fingerprint density at radius 1 is 1.25 bits per heavy atom. The van der Waals surface area contributed by atoms with E-state index in [1.165, 1.54) is 5.56 Å². The molecule has 1 aromatic rings. The molecular weight excluding hydrogens is 198 g/mol. The van der Waals surface area contributed by atoms with Crippen molar-refractivity contribution in [2.75, 3.05) is 6.54 Å². The lowest BCUT2D eigenvalue weighted by Crippen LogP contribution is -2.18. The summed E-state index contributed by atoms with van der Waals surface area (Å²) in [4.78, 5) is 11.1. The molecule has 0 radical (unpaired) electrons. The predicted octanol–water partition coefficient (Wildman–Crippen LogP) is 2.63. The van der Waals surface area contributed by atoms with E-state index in [1.54, 1.807) is 6.08 Å². The molecule has 0 aliphatic heterocycles. The smallest absolute Gasteiger partial charge is 0.157 e. The standard InChI is InChI=1S/C14H17NO/c1-11(12-5-3-2-4-6-12)10-15-13-7-8-14(16)9-13/h2-6,9,11,15H,7-8,10H2,1H3. The van der Waals surface area contributed by atoms with Gasteiger partial charge in [-0.25, -0.2) is 0 Å². The minimum atomic E-state index is 0.245. The first-order chi connectivity index (χ1) is 7.75. The van der Waals surface area contributed by atoms with Gasteiger partial charge >= 0.3 is 0 Å². The molecule has 2 heteroatoms. The lowest BCUT2D eigenvalue weighted by atomic mass is 10.0. The van der Waals surface area contributed by atoms with Crippen LogP contribution in [0.4, 0.5) is 0 Å². The highest BCUT2D eigenvalue weighted by atomic mass is 16.1. The second-order valence-electron chi connectivity index (χ2n) is 4.33. The van der Waals surface area contributed by atoms with Crippen molar-refractivity contribution in [1.29, 1.82) is 0 Å². The molecule has 1 N–H and O–H groups in total. The Morgan fingerprint density at radius 2 is 2.00 bits per heavy atom. The van der Waals surface area contributed by atoms with Gasteiger partial charge in [-0.15, -0.1) is 0 Å². The number of rotatable bonds is 4. The summed E-state index contributed by atoms with van der Waals surface area (Å²) in [5.41, 5.74) is 2.42. The number of carbonyl (C=O) groups excluding carboxylic acids is 1. The van der Waals surface area contributed by atoms with Crippen molar-refractivity contribution in [3.63, 3.8) is 0 Å². The van der Waals surface area contributed by atoms with Gasteiger partial charge in [-0.1, -0.05) is 37.3 Å². The van der Waals surface area contributed by atoms with E-state index in [1.807, 2.05) is 6.07 Å². The van der Waals surface area contributed by atoms with Crippen LogP contribution in [0.1, 0.15) is 31.2 Å². The Hall–Kier alpha value is -1.57. The second kappa shape index (κ2) is 4.97. The summed E-state index contributed by atoms with van der Waals surface area (Å²) in [5.74, 6) is 0.715. The van der Waals surface area contributed by atoms with E-state index < -0.39 is 0 Å². The van der Waals surface area contributed by atoms with E-state index in [9.17, 15) is 4.79 Å². The Balaban J connectivity index is 1.87. The van der Waals surface area contributed by atoms with Gasteiger partial charge in [-0.3, -0.25) is 4.79 Å². The summed E-state index contributed by atoms with van der Waals surface area (Å²) in [6.45, 7) is 3.09. The largest absolute Gasteiger partial charge is 0.388 e. The van der Waals surface area contributed by atoms with Crippen LogP contribution in [0, 0.1) is 0 Å². The lowest BCUT2D eigenvalue weighted by Gasteiger charge is -2.14. The van der Waals surface area contributed by atoms with E-state index in [0.717, 1.165) is 18.7 Å². The van der Waals surface area contributed by atoms with E-state index in [-0.39, 0.29) is 5.78 Å². The Labute approximate surface area is 96.4 Å². The van der Waals surface area contributed by atoms with Crippen LogP contribution >= 0.6 is 0 Å². The molecule has 1 aromatic carbocycles. The normalized spacial score (nSPS) is 17.1. The molecule has 0 bridgehead atoms. The summed E-state index contributed by atoms with van der Waals surface area (Å²) in [5, 5.41) is 3.35. The van der Waals surface area contributed by atoms with E-state index in [2.05, 4.69) is 36.5 Å². The third-order valence-electron chi connectivity index (χ3n) is 2.98. The summed E-state index contributed by atoms with van der Waals surface area (Å²) in [7, 11) is 0. The number of benzene rings is 1. The zero-order valence-electron chi connectivity index (χ0n) is 9.57. The van der Waals surface area contributed by atoms with Crippen LogP contribution in [0.2, 0.25) is 0 Å². The molecule has 0 saturated heterocycles. The average Bonchev–Trinajstić information content (AvgIpc) is 2.73. The van der Waals surface area contributed by atoms with E-state index in [4.69, 9.17) is 0 Å². The van der Waals surface area contributed by atoms with Gasteiger partial charge in [-0.2, -0.15) is 0 Å². The molecule has 84 valence electrons. The molecule has 0 fully saturated rings. The van der Waals surface area contributed by atoms with Crippen LogP contribution in [-0.4, -0.2) is 12.3 Å². The van der Waals surface area contributed by atoms with Crippen molar-refractivity contribution >= 4 is 5.78 Å². The molecule has 2 nitrogen and oxygen atoms in total. The topological polar surface area (TPSA) is 29.1 Å².